The van der Waals surface area contributed by atoms with Crippen LogP contribution in [0.15, 0.2) is 17.1 Å². The van der Waals surface area contributed by atoms with Crippen molar-refractivity contribution in [2.24, 2.45) is 0 Å². The van der Waals surface area contributed by atoms with Crippen molar-refractivity contribution in [1.29, 1.82) is 0 Å². The van der Waals surface area contributed by atoms with E-state index in [1.165, 1.54) is 16.8 Å². The summed E-state index contributed by atoms with van der Waals surface area (Å²) in [7, 11) is 0. The summed E-state index contributed by atoms with van der Waals surface area (Å²) in [5, 5.41) is 28.4. The summed E-state index contributed by atoms with van der Waals surface area (Å²) in [5.74, 6) is 0.111. The lowest BCUT2D eigenvalue weighted by Crippen LogP contribution is -2.35. The smallest absolute Gasteiger partial charge is 0.351 e. The van der Waals surface area contributed by atoms with Gasteiger partial charge >= 0.3 is 5.69 Å². The molecule has 0 aliphatic carbocycles. The van der Waals surface area contributed by atoms with Crippen LogP contribution in [-0.2, 0) is 18.9 Å². The van der Waals surface area contributed by atoms with E-state index in [4.69, 9.17) is 29.8 Å². The molecule has 0 spiro atoms. The zero-order valence-electron chi connectivity index (χ0n) is 12.6. The van der Waals surface area contributed by atoms with Gasteiger partial charge in [0.1, 0.15) is 30.7 Å². The summed E-state index contributed by atoms with van der Waals surface area (Å²) in [6, 6.07) is 1.47. The highest BCUT2D eigenvalue weighted by Gasteiger charge is 2.43. The lowest BCUT2D eigenvalue weighted by molar-refractivity contribution is -0.208. The van der Waals surface area contributed by atoms with E-state index in [0.29, 0.717) is 0 Å². The Kier molecular flexibility index (Phi) is 5.10. The van der Waals surface area contributed by atoms with Gasteiger partial charge in [-0.15, -0.1) is 0 Å². The molecule has 0 saturated carbocycles. The molecule has 3 rings (SSSR count). The first-order valence-corrected chi connectivity index (χ1v) is 7.35. The van der Waals surface area contributed by atoms with Crippen LogP contribution in [0.3, 0.4) is 0 Å². The Bertz CT molecular complexity index is 625. The molecule has 2 aliphatic rings. The van der Waals surface area contributed by atoms with E-state index >= 15 is 0 Å². The second-order valence-corrected chi connectivity index (χ2v) is 5.44. The Morgan fingerprint density at radius 2 is 2.17 bits per heavy atom. The summed E-state index contributed by atoms with van der Waals surface area (Å²) in [6.45, 7) is -0.431. The standard InChI is InChI=1S/C13H19N3O8/c14-7-1-2-16(13(20)15-7)8-4-21-9(24-8)5-22-12-11(19)10(18)6(3-17)23-12/h1-2,6,8-12,17-19H,3-5H2,(H2,14,15,20)/t6-,8+,9+,10-,11-,12-/m1/s1. The van der Waals surface area contributed by atoms with E-state index in [1.54, 1.807) is 0 Å². The Morgan fingerprint density at radius 3 is 2.83 bits per heavy atom. The Labute approximate surface area is 136 Å². The Balaban J connectivity index is 1.53. The first-order chi connectivity index (χ1) is 11.5. The molecule has 0 bridgehead atoms. The highest BCUT2D eigenvalue weighted by Crippen LogP contribution is 2.24. The number of nitrogens with two attached hydrogens (primary N) is 1. The number of aliphatic hydroxyl groups excluding tert-OH is 3. The normalized spacial score (nSPS) is 36.3. The number of rotatable bonds is 5. The predicted molar refractivity (Wildman–Crippen MR) is 76.5 cm³/mol. The third-order valence-corrected chi connectivity index (χ3v) is 3.79. The topological polar surface area (TPSA) is 159 Å². The van der Waals surface area contributed by atoms with Gasteiger partial charge in [-0.2, -0.15) is 4.98 Å². The van der Waals surface area contributed by atoms with Crippen LogP contribution in [0.1, 0.15) is 6.23 Å². The summed E-state index contributed by atoms with van der Waals surface area (Å²) >= 11 is 0. The van der Waals surface area contributed by atoms with Gasteiger partial charge in [0, 0.05) is 6.20 Å². The fourth-order valence-electron chi connectivity index (χ4n) is 2.50. The molecule has 1 aromatic heterocycles. The molecule has 2 saturated heterocycles. The van der Waals surface area contributed by atoms with Crippen molar-refractivity contribution < 1.29 is 34.3 Å². The maximum atomic E-state index is 11.7. The fraction of sp³-hybridized carbons (Fsp3) is 0.692. The predicted octanol–water partition coefficient (Wildman–Crippen LogP) is -2.85. The number of nitrogens with zero attached hydrogens (tertiary/aromatic N) is 2. The minimum Gasteiger partial charge on any atom is -0.394 e. The quantitative estimate of drug-likeness (QED) is 0.437. The monoisotopic (exact) mass is 345 g/mol. The van der Waals surface area contributed by atoms with Crippen molar-refractivity contribution in [1.82, 2.24) is 9.55 Å². The zero-order valence-corrected chi connectivity index (χ0v) is 12.6. The average molecular weight is 345 g/mol. The second kappa shape index (κ2) is 7.11. The number of hydrogen-bond acceptors (Lipinski definition) is 10. The van der Waals surface area contributed by atoms with E-state index in [1.807, 2.05) is 0 Å². The molecule has 0 amide bonds. The van der Waals surface area contributed by atoms with Crippen molar-refractivity contribution in [2.45, 2.75) is 37.1 Å². The zero-order chi connectivity index (χ0) is 17.3. The molecular weight excluding hydrogens is 326 g/mol. The maximum absolute atomic E-state index is 11.7. The molecular formula is C13H19N3O8. The Hall–Kier alpha value is -1.60. The van der Waals surface area contributed by atoms with Gasteiger partial charge in [-0.05, 0) is 6.07 Å². The van der Waals surface area contributed by atoms with Gasteiger partial charge in [-0.3, -0.25) is 4.57 Å². The minimum absolute atomic E-state index is 0.0970. The molecule has 1 aromatic rings. The van der Waals surface area contributed by atoms with Crippen LogP contribution in [-0.4, -0.2) is 75.6 Å². The van der Waals surface area contributed by atoms with Crippen LogP contribution in [0.25, 0.3) is 0 Å². The molecule has 0 radical (unpaired) electrons. The van der Waals surface area contributed by atoms with Crippen LogP contribution in [0.4, 0.5) is 5.82 Å². The van der Waals surface area contributed by atoms with Crippen LogP contribution >= 0.6 is 0 Å². The third-order valence-electron chi connectivity index (χ3n) is 3.79. The molecule has 0 aromatic carbocycles. The number of nitrogen functional groups attached to an aromatic ring is 1. The van der Waals surface area contributed by atoms with Crippen molar-refractivity contribution in [2.75, 3.05) is 25.6 Å². The lowest BCUT2D eigenvalue weighted by Gasteiger charge is -2.18. The molecule has 11 heteroatoms. The van der Waals surface area contributed by atoms with Crippen molar-refractivity contribution in [3.63, 3.8) is 0 Å². The summed E-state index contributed by atoms with van der Waals surface area (Å²) in [6.07, 6.45) is -4.56. The van der Waals surface area contributed by atoms with Gasteiger partial charge in [0.05, 0.1) is 13.2 Å². The number of hydrogen-bond donors (Lipinski definition) is 4. The van der Waals surface area contributed by atoms with E-state index in [0.717, 1.165) is 0 Å². The van der Waals surface area contributed by atoms with E-state index in [9.17, 15) is 15.0 Å². The van der Waals surface area contributed by atoms with Gasteiger partial charge in [0.15, 0.2) is 18.8 Å². The molecule has 2 aliphatic heterocycles. The first kappa shape index (κ1) is 17.2. The molecule has 2 fully saturated rings. The van der Waals surface area contributed by atoms with Gasteiger partial charge in [0.2, 0.25) is 0 Å². The molecule has 0 unspecified atom stereocenters. The number of aliphatic hydroxyl groups is 3. The van der Waals surface area contributed by atoms with Gasteiger partial charge in [0.25, 0.3) is 0 Å². The summed E-state index contributed by atoms with van der Waals surface area (Å²) in [5.41, 5.74) is 4.86. The van der Waals surface area contributed by atoms with Crippen molar-refractivity contribution in [3.05, 3.63) is 22.7 Å². The summed E-state index contributed by atoms with van der Waals surface area (Å²) in [4.78, 5) is 15.4. The third kappa shape index (κ3) is 3.42. The van der Waals surface area contributed by atoms with E-state index in [2.05, 4.69) is 4.98 Å². The first-order valence-electron chi connectivity index (χ1n) is 7.35. The van der Waals surface area contributed by atoms with Crippen molar-refractivity contribution >= 4 is 5.82 Å². The van der Waals surface area contributed by atoms with E-state index in [-0.39, 0.29) is 19.0 Å². The molecule has 134 valence electrons. The number of ether oxygens (including phenoxy) is 4. The molecule has 6 atom stereocenters. The second-order valence-electron chi connectivity index (χ2n) is 5.44. The highest BCUT2D eigenvalue weighted by atomic mass is 16.8. The van der Waals surface area contributed by atoms with Crippen molar-refractivity contribution in [3.8, 4) is 0 Å². The van der Waals surface area contributed by atoms with Crippen LogP contribution in [0.5, 0.6) is 0 Å². The molecule has 5 N–H and O–H groups in total. The SMILES string of the molecule is Nc1ccn([C@@H]2CO[C@H](CO[C@@H]3O[C@H](CO)[C@@H](O)[C@H]3O)O2)c(=O)n1. The Morgan fingerprint density at radius 1 is 1.38 bits per heavy atom. The van der Waals surface area contributed by atoms with Gasteiger partial charge in [-0.25, -0.2) is 4.79 Å². The lowest BCUT2D eigenvalue weighted by atomic mass is 10.1. The van der Waals surface area contributed by atoms with Gasteiger partial charge in [-0.1, -0.05) is 0 Å². The van der Waals surface area contributed by atoms with Crippen LogP contribution in [0, 0.1) is 0 Å². The minimum atomic E-state index is -1.29. The van der Waals surface area contributed by atoms with Crippen LogP contribution < -0.4 is 11.4 Å². The average Bonchev–Trinajstić information content (AvgIpc) is 3.12. The fourth-order valence-corrected chi connectivity index (χ4v) is 2.50. The number of aromatic nitrogens is 2. The maximum Gasteiger partial charge on any atom is 0.351 e. The van der Waals surface area contributed by atoms with E-state index < -0.39 is 49.4 Å². The largest absolute Gasteiger partial charge is 0.394 e. The van der Waals surface area contributed by atoms with Gasteiger partial charge < -0.3 is 40.0 Å². The molecule has 11 nitrogen and oxygen atoms in total. The summed E-state index contributed by atoms with van der Waals surface area (Å²) < 4.78 is 22.6. The van der Waals surface area contributed by atoms with Crippen LogP contribution in [0.2, 0.25) is 0 Å². The number of anilines is 1. The molecule has 3 heterocycles. The molecule has 24 heavy (non-hydrogen) atoms. The highest BCUT2D eigenvalue weighted by molar-refractivity contribution is 5.23.